The lowest BCUT2D eigenvalue weighted by Crippen LogP contribution is -2.35. The monoisotopic (exact) mass is 361 g/mol. The molecule has 0 unspecified atom stereocenters. The maximum absolute atomic E-state index is 12.1. The molecule has 1 saturated carbocycles. The average Bonchev–Trinajstić information content (AvgIpc) is 2.69. The van der Waals surface area contributed by atoms with Crippen molar-refractivity contribution >= 4 is 11.7 Å². The zero-order valence-corrected chi connectivity index (χ0v) is 16.0. The molecule has 1 aromatic carbocycles. The van der Waals surface area contributed by atoms with Crippen LogP contribution in [0, 0.1) is 11.8 Å². The molecule has 2 rings (SSSR count). The molecule has 0 aromatic heterocycles. The van der Waals surface area contributed by atoms with Crippen molar-refractivity contribution in [2.45, 2.75) is 51.9 Å². The molecule has 5 heteroatoms. The number of unbranched alkanes of at least 4 members (excludes halogenated alkanes) is 1. The third-order valence-electron chi connectivity index (χ3n) is 5.09. The summed E-state index contributed by atoms with van der Waals surface area (Å²) in [5, 5.41) is 2.95. The van der Waals surface area contributed by atoms with Crippen molar-refractivity contribution in [3.05, 3.63) is 24.3 Å². The lowest BCUT2D eigenvalue weighted by molar-refractivity contribution is -0.125. The van der Waals surface area contributed by atoms with E-state index in [1.807, 2.05) is 12.1 Å². The second-order valence-electron chi connectivity index (χ2n) is 7.03. The minimum absolute atomic E-state index is 0.0226. The van der Waals surface area contributed by atoms with E-state index in [2.05, 4.69) is 12.2 Å². The number of rotatable bonds is 10. The zero-order valence-electron chi connectivity index (χ0n) is 16.0. The highest BCUT2D eigenvalue weighted by Gasteiger charge is 2.25. The van der Waals surface area contributed by atoms with E-state index in [0.29, 0.717) is 29.7 Å². The van der Waals surface area contributed by atoms with E-state index in [0.717, 1.165) is 44.9 Å². The van der Waals surface area contributed by atoms with E-state index < -0.39 is 0 Å². The van der Waals surface area contributed by atoms with Crippen molar-refractivity contribution in [2.75, 3.05) is 20.3 Å². The summed E-state index contributed by atoms with van der Waals surface area (Å²) in [7, 11) is 1.58. The topological polar surface area (TPSA) is 64.6 Å². The van der Waals surface area contributed by atoms with Crippen LogP contribution in [0.4, 0.5) is 0 Å². The number of ketones is 1. The maximum Gasteiger partial charge on any atom is 0.257 e. The average molecular weight is 361 g/mol. The molecule has 26 heavy (non-hydrogen) atoms. The van der Waals surface area contributed by atoms with Crippen molar-refractivity contribution < 1.29 is 19.1 Å². The number of hydrogen-bond donors (Lipinski definition) is 1. The largest absolute Gasteiger partial charge is 0.493 e. The van der Waals surface area contributed by atoms with Crippen molar-refractivity contribution in [1.29, 1.82) is 0 Å². The molecule has 0 atom stereocenters. The summed E-state index contributed by atoms with van der Waals surface area (Å²) in [4.78, 5) is 24.1. The van der Waals surface area contributed by atoms with Gasteiger partial charge in [0.05, 0.1) is 7.11 Å². The summed E-state index contributed by atoms with van der Waals surface area (Å²) >= 11 is 0. The summed E-state index contributed by atoms with van der Waals surface area (Å²) in [5.74, 6) is 2.18. The van der Waals surface area contributed by atoms with Crippen LogP contribution in [0.1, 0.15) is 51.9 Å². The Bertz CT molecular complexity index is 579. The lowest BCUT2D eigenvalue weighted by Gasteiger charge is -2.27. The van der Waals surface area contributed by atoms with Gasteiger partial charge in [-0.05, 0) is 50.2 Å². The van der Waals surface area contributed by atoms with Crippen molar-refractivity contribution in [3.63, 3.8) is 0 Å². The number of ether oxygens (including phenoxy) is 2. The minimum atomic E-state index is -0.128. The van der Waals surface area contributed by atoms with E-state index >= 15 is 0 Å². The second-order valence-corrected chi connectivity index (χ2v) is 7.03. The van der Waals surface area contributed by atoms with Gasteiger partial charge in [-0.25, -0.2) is 0 Å². The first kappa shape index (κ1) is 20.3. The van der Waals surface area contributed by atoms with Gasteiger partial charge in [-0.3, -0.25) is 9.59 Å². The van der Waals surface area contributed by atoms with Gasteiger partial charge in [0.1, 0.15) is 5.78 Å². The Labute approximate surface area is 156 Å². The summed E-state index contributed by atoms with van der Waals surface area (Å²) in [5.41, 5.74) is 0. The SMILES string of the molecule is CCCCC(=O)C1CCC(CNC(=O)COc2ccccc2OC)CC1. The maximum atomic E-state index is 12.1. The fourth-order valence-corrected chi connectivity index (χ4v) is 3.43. The molecule has 1 aliphatic rings. The van der Waals surface area contributed by atoms with E-state index in [9.17, 15) is 9.59 Å². The number of methoxy groups -OCH3 is 1. The van der Waals surface area contributed by atoms with Crippen molar-refractivity contribution in [1.82, 2.24) is 5.32 Å². The van der Waals surface area contributed by atoms with Crippen LogP contribution in [-0.4, -0.2) is 32.0 Å². The molecule has 0 heterocycles. The first-order valence-corrected chi connectivity index (χ1v) is 9.69. The molecule has 0 aliphatic heterocycles. The Balaban J connectivity index is 1.65. The Morgan fingerprint density at radius 3 is 2.46 bits per heavy atom. The van der Waals surface area contributed by atoms with Crippen LogP contribution in [0.2, 0.25) is 0 Å². The molecule has 1 amide bonds. The summed E-state index contributed by atoms with van der Waals surface area (Å²) in [6.45, 7) is 2.75. The Hall–Kier alpha value is -2.04. The van der Waals surface area contributed by atoms with Crippen LogP contribution < -0.4 is 14.8 Å². The predicted molar refractivity (Wildman–Crippen MR) is 101 cm³/mol. The molecule has 1 N–H and O–H groups in total. The van der Waals surface area contributed by atoms with Gasteiger partial charge < -0.3 is 14.8 Å². The summed E-state index contributed by atoms with van der Waals surface area (Å²) in [6, 6.07) is 7.28. The highest BCUT2D eigenvalue weighted by molar-refractivity contribution is 5.81. The minimum Gasteiger partial charge on any atom is -0.493 e. The fourth-order valence-electron chi connectivity index (χ4n) is 3.43. The number of Topliss-reactive ketones (excluding diaryl/α,β-unsaturated/α-hetero) is 1. The first-order chi connectivity index (χ1) is 12.6. The van der Waals surface area contributed by atoms with Crippen LogP contribution in [-0.2, 0) is 9.59 Å². The van der Waals surface area contributed by atoms with E-state index in [4.69, 9.17) is 9.47 Å². The van der Waals surface area contributed by atoms with Crippen LogP contribution >= 0.6 is 0 Å². The van der Waals surface area contributed by atoms with Crippen molar-refractivity contribution in [2.24, 2.45) is 11.8 Å². The summed E-state index contributed by atoms with van der Waals surface area (Å²) < 4.78 is 10.7. The van der Waals surface area contributed by atoms with E-state index in [-0.39, 0.29) is 18.4 Å². The lowest BCUT2D eigenvalue weighted by atomic mass is 9.79. The van der Waals surface area contributed by atoms with Gasteiger partial charge in [0, 0.05) is 18.9 Å². The quantitative estimate of drug-likeness (QED) is 0.689. The molecule has 1 fully saturated rings. The second kappa shape index (κ2) is 10.8. The van der Waals surface area contributed by atoms with Gasteiger partial charge >= 0.3 is 0 Å². The van der Waals surface area contributed by atoms with Gasteiger partial charge in [0.25, 0.3) is 5.91 Å². The number of para-hydroxylation sites is 2. The summed E-state index contributed by atoms with van der Waals surface area (Å²) in [6.07, 6.45) is 6.74. The number of amides is 1. The molecule has 0 radical (unpaired) electrons. The van der Waals surface area contributed by atoms with Crippen LogP contribution in [0.3, 0.4) is 0 Å². The Morgan fingerprint density at radius 2 is 1.81 bits per heavy atom. The molecule has 144 valence electrons. The van der Waals surface area contributed by atoms with Gasteiger partial charge in [0.2, 0.25) is 0 Å². The third-order valence-corrected chi connectivity index (χ3v) is 5.09. The fraction of sp³-hybridized carbons (Fsp3) is 0.619. The Morgan fingerprint density at radius 1 is 1.12 bits per heavy atom. The molecule has 0 spiro atoms. The van der Waals surface area contributed by atoms with Gasteiger partial charge in [-0.2, -0.15) is 0 Å². The predicted octanol–water partition coefficient (Wildman–Crippen LogP) is 3.76. The molecular formula is C21H31NO4. The van der Waals surface area contributed by atoms with E-state index in [1.54, 1.807) is 19.2 Å². The van der Waals surface area contributed by atoms with Crippen LogP contribution in [0.25, 0.3) is 0 Å². The molecular weight excluding hydrogens is 330 g/mol. The molecule has 1 aliphatic carbocycles. The number of carbonyl (C=O) groups excluding carboxylic acids is 2. The van der Waals surface area contributed by atoms with Gasteiger partial charge in [0.15, 0.2) is 18.1 Å². The van der Waals surface area contributed by atoms with Crippen LogP contribution in [0.5, 0.6) is 11.5 Å². The molecule has 0 saturated heterocycles. The van der Waals surface area contributed by atoms with Crippen LogP contribution in [0.15, 0.2) is 24.3 Å². The number of hydrogen-bond acceptors (Lipinski definition) is 4. The zero-order chi connectivity index (χ0) is 18.8. The molecule has 0 bridgehead atoms. The first-order valence-electron chi connectivity index (χ1n) is 9.69. The number of carbonyl (C=O) groups is 2. The third kappa shape index (κ3) is 6.36. The molecule has 1 aromatic rings. The highest BCUT2D eigenvalue weighted by Crippen LogP contribution is 2.30. The smallest absolute Gasteiger partial charge is 0.257 e. The number of nitrogens with one attached hydrogen (secondary N) is 1. The van der Waals surface area contributed by atoms with Gasteiger partial charge in [-0.15, -0.1) is 0 Å². The number of benzene rings is 1. The normalized spacial score (nSPS) is 19.6. The van der Waals surface area contributed by atoms with E-state index in [1.165, 1.54) is 0 Å². The molecule has 5 nitrogen and oxygen atoms in total. The standard InChI is InChI=1S/C21H31NO4/c1-3-4-7-18(23)17-12-10-16(11-13-17)14-22-21(24)15-26-20-9-6-5-8-19(20)25-2/h5-6,8-9,16-17H,3-4,7,10-15H2,1-2H3,(H,22,24). The Kier molecular flexibility index (Phi) is 8.45. The highest BCUT2D eigenvalue weighted by atomic mass is 16.5. The van der Waals surface area contributed by atoms with Crippen molar-refractivity contribution in [3.8, 4) is 11.5 Å². The van der Waals surface area contributed by atoms with Gasteiger partial charge in [-0.1, -0.05) is 25.5 Å².